The molecule has 3 aromatic rings. The number of benzene rings is 2. The molecule has 1 heterocycles. The van der Waals surface area contributed by atoms with Crippen LogP contribution in [0.2, 0.25) is 0 Å². The van der Waals surface area contributed by atoms with E-state index in [9.17, 15) is 22.8 Å². The Kier molecular flexibility index (Phi) is 4.35. The largest absolute Gasteiger partial charge is 0.417 e. The number of anilines is 1. The first-order valence-corrected chi connectivity index (χ1v) is 7.40. The number of rotatable bonds is 4. The van der Waals surface area contributed by atoms with Gasteiger partial charge in [0.15, 0.2) is 5.58 Å². The van der Waals surface area contributed by atoms with Crippen LogP contribution < -0.4 is 11.1 Å². The lowest BCUT2D eigenvalue weighted by molar-refractivity contribution is -0.137. The third-order valence-corrected chi connectivity index (χ3v) is 3.60. The van der Waals surface area contributed by atoms with Gasteiger partial charge in [-0.15, -0.1) is 0 Å². The number of carbonyl (C=O) groups excluding carboxylic acids is 1. The standard InChI is InChI=1S/C17H13F3N2O3/c18-17(19,20)11-2-1-3-12(9-11)21-15(23)7-5-10-4-6-14-13(8-10)22-16(24)25-14/h1-4,6,8-9H,5,7H2,(H,21,23)(H,22,24). The minimum atomic E-state index is -4.46. The number of aromatic amines is 1. The quantitative estimate of drug-likeness (QED) is 0.753. The molecule has 0 bridgehead atoms. The van der Waals surface area contributed by atoms with Crippen LogP contribution >= 0.6 is 0 Å². The Morgan fingerprint density at radius 3 is 2.72 bits per heavy atom. The zero-order valence-electron chi connectivity index (χ0n) is 12.8. The summed E-state index contributed by atoms with van der Waals surface area (Å²) in [7, 11) is 0. The van der Waals surface area contributed by atoms with Crippen LogP contribution in [0.5, 0.6) is 0 Å². The molecular formula is C17H13F3N2O3. The van der Waals surface area contributed by atoms with Gasteiger partial charge in [-0.1, -0.05) is 12.1 Å². The van der Waals surface area contributed by atoms with E-state index in [1.54, 1.807) is 18.2 Å². The first kappa shape index (κ1) is 16.8. The highest BCUT2D eigenvalue weighted by Crippen LogP contribution is 2.30. The summed E-state index contributed by atoms with van der Waals surface area (Å²) in [6.45, 7) is 0. The van der Waals surface area contributed by atoms with Gasteiger partial charge in [0.1, 0.15) is 0 Å². The van der Waals surface area contributed by atoms with E-state index in [1.807, 2.05) is 0 Å². The molecule has 5 nitrogen and oxygen atoms in total. The zero-order valence-corrected chi connectivity index (χ0v) is 12.8. The molecule has 0 aliphatic rings. The molecule has 0 saturated heterocycles. The number of nitrogens with one attached hydrogen (secondary N) is 2. The lowest BCUT2D eigenvalue weighted by Gasteiger charge is -2.10. The topological polar surface area (TPSA) is 75.1 Å². The normalized spacial score (nSPS) is 11.6. The summed E-state index contributed by atoms with van der Waals surface area (Å²) in [6, 6.07) is 9.50. The van der Waals surface area contributed by atoms with Crippen molar-refractivity contribution in [3.8, 4) is 0 Å². The van der Waals surface area contributed by atoms with Gasteiger partial charge in [0.05, 0.1) is 11.1 Å². The first-order chi connectivity index (χ1) is 11.8. The van der Waals surface area contributed by atoms with E-state index in [2.05, 4.69) is 10.3 Å². The van der Waals surface area contributed by atoms with Crippen molar-refractivity contribution in [3.05, 3.63) is 64.1 Å². The summed E-state index contributed by atoms with van der Waals surface area (Å²) in [6.07, 6.45) is -4.00. The number of halogens is 3. The van der Waals surface area contributed by atoms with Crippen LogP contribution in [-0.2, 0) is 17.4 Å². The molecule has 0 saturated carbocycles. The van der Waals surface area contributed by atoms with E-state index in [0.29, 0.717) is 17.5 Å². The van der Waals surface area contributed by atoms with Crippen molar-refractivity contribution in [2.24, 2.45) is 0 Å². The smallest absolute Gasteiger partial charge is 0.408 e. The molecule has 0 atom stereocenters. The Bertz CT molecular complexity index is 973. The number of H-pyrrole nitrogens is 1. The third kappa shape index (κ3) is 4.09. The van der Waals surface area contributed by atoms with Crippen LogP contribution in [-0.4, -0.2) is 10.9 Å². The maximum atomic E-state index is 12.7. The van der Waals surface area contributed by atoms with Crippen molar-refractivity contribution in [1.82, 2.24) is 4.98 Å². The number of alkyl halides is 3. The van der Waals surface area contributed by atoms with E-state index in [0.717, 1.165) is 17.7 Å². The van der Waals surface area contributed by atoms with Gasteiger partial charge >= 0.3 is 11.9 Å². The SMILES string of the molecule is O=C(CCc1ccc2oc(=O)[nH]c2c1)Nc1cccc(C(F)(F)F)c1. The Labute approximate surface area is 139 Å². The summed E-state index contributed by atoms with van der Waals surface area (Å²) in [4.78, 5) is 25.6. The number of fused-ring (bicyclic) bond motifs is 1. The highest BCUT2D eigenvalue weighted by Gasteiger charge is 2.30. The number of oxazole rings is 1. The molecule has 0 aliphatic heterocycles. The molecule has 1 aromatic heterocycles. The van der Waals surface area contributed by atoms with E-state index in [4.69, 9.17) is 4.42 Å². The van der Waals surface area contributed by atoms with E-state index < -0.39 is 23.4 Å². The summed E-state index contributed by atoms with van der Waals surface area (Å²) in [5, 5.41) is 2.45. The van der Waals surface area contributed by atoms with Crippen molar-refractivity contribution in [3.63, 3.8) is 0 Å². The fraction of sp³-hybridized carbons (Fsp3) is 0.176. The van der Waals surface area contributed by atoms with Crippen LogP contribution in [0.25, 0.3) is 11.1 Å². The average molecular weight is 350 g/mol. The van der Waals surface area contributed by atoms with Gasteiger partial charge in [-0.2, -0.15) is 13.2 Å². The molecular weight excluding hydrogens is 337 g/mol. The van der Waals surface area contributed by atoms with Gasteiger partial charge in [-0.05, 0) is 42.3 Å². The van der Waals surface area contributed by atoms with Crippen LogP contribution in [0.3, 0.4) is 0 Å². The second kappa shape index (κ2) is 6.46. The summed E-state index contributed by atoms with van der Waals surface area (Å²) < 4.78 is 42.9. The Morgan fingerprint density at radius 1 is 1.16 bits per heavy atom. The fourth-order valence-corrected chi connectivity index (χ4v) is 2.41. The Morgan fingerprint density at radius 2 is 1.96 bits per heavy atom. The molecule has 25 heavy (non-hydrogen) atoms. The number of aromatic nitrogens is 1. The van der Waals surface area contributed by atoms with Gasteiger partial charge in [-0.25, -0.2) is 4.79 Å². The maximum Gasteiger partial charge on any atom is 0.417 e. The van der Waals surface area contributed by atoms with Crippen molar-refractivity contribution < 1.29 is 22.4 Å². The van der Waals surface area contributed by atoms with Crippen LogP contribution in [0.4, 0.5) is 18.9 Å². The maximum absolute atomic E-state index is 12.7. The van der Waals surface area contributed by atoms with Crippen molar-refractivity contribution in [2.45, 2.75) is 19.0 Å². The second-order valence-electron chi connectivity index (χ2n) is 5.47. The number of aryl methyl sites for hydroxylation is 1. The highest BCUT2D eigenvalue weighted by molar-refractivity contribution is 5.91. The molecule has 0 unspecified atom stereocenters. The van der Waals surface area contributed by atoms with Gasteiger partial charge in [-0.3, -0.25) is 9.78 Å². The van der Waals surface area contributed by atoms with Crippen molar-refractivity contribution in [1.29, 1.82) is 0 Å². The lowest BCUT2D eigenvalue weighted by Crippen LogP contribution is -2.13. The summed E-state index contributed by atoms with van der Waals surface area (Å²) >= 11 is 0. The molecule has 8 heteroatoms. The molecule has 0 aliphatic carbocycles. The Hall–Kier alpha value is -3.03. The predicted octanol–water partition coefficient (Wildman–Crippen LogP) is 3.71. The number of hydrogen-bond acceptors (Lipinski definition) is 3. The van der Waals surface area contributed by atoms with Gasteiger partial charge in [0, 0.05) is 12.1 Å². The van der Waals surface area contributed by atoms with E-state index in [1.165, 1.54) is 12.1 Å². The third-order valence-electron chi connectivity index (χ3n) is 3.60. The monoisotopic (exact) mass is 350 g/mol. The molecule has 0 spiro atoms. The number of amides is 1. The lowest BCUT2D eigenvalue weighted by atomic mass is 10.1. The molecule has 0 fully saturated rings. The zero-order chi connectivity index (χ0) is 18.0. The first-order valence-electron chi connectivity index (χ1n) is 7.40. The van der Waals surface area contributed by atoms with Gasteiger partial charge < -0.3 is 9.73 Å². The van der Waals surface area contributed by atoms with Gasteiger partial charge in [0.2, 0.25) is 5.91 Å². The second-order valence-corrected chi connectivity index (χ2v) is 5.47. The van der Waals surface area contributed by atoms with E-state index in [-0.39, 0.29) is 12.1 Å². The molecule has 0 radical (unpaired) electrons. The van der Waals surface area contributed by atoms with Crippen molar-refractivity contribution >= 4 is 22.7 Å². The minimum absolute atomic E-state index is 0.0871. The van der Waals surface area contributed by atoms with Crippen LogP contribution in [0, 0.1) is 0 Å². The molecule has 2 N–H and O–H groups in total. The predicted molar refractivity (Wildman–Crippen MR) is 85.2 cm³/mol. The van der Waals surface area contributed by atoms with E-state index >= 15 is 0 Å². The number of carbonyl (C=O) groups is 1. The molecule has 2 aromatic carbocycles. The highest BCUT2D eigenvalue weighted by atomic mass is 19.4. The number of hydrogen-bond donors (Lipinski definition) is 2. The molecule has 130 valence electrons. The minimum Gasteiger partial charge on any atom is -0.408 e. The summed E-state index contributed by atoms with van der Waals surface area (Å²) in [5.74, 6) is -0.963. The molecule has 3 rings (SSSR count). The van der Waals surface area contributed by atoms with Crippen LogP contribution in [0.1, 0.15) is 17.5 Å². The fourth-order valence-electron chi connectivity index (χ4n) is 2.41. The van der Waals surface area contributed by atoms with Crippen LogP contribution in [0.15, 0.2) is 51.7 Å². The molecule has 1 amide bonds. The average Bonchev–Trinajstić information content (AvgIpc) is 2.91. The Balaban J connectivity index is 1.63. The van der Waals surface area contributed by atoms with Crippen molar-refractivity contribution in [2.75, 3.05) is 5.32 Å². The van der Waals surface area contributed by atoms with Gasteiger partial charge in [0.25, 0.3) is 0 Å². The summed E-state index contributed by atoms with van der Waals surface area (Å²) in [5.41, 5.74) is 1.01.